The average molecular weight is 590 g/mol. The lowest BCUT2D eigenvalue weighted by atomic mass is 10.0. The summed E-state index contributed by atoms with van der Waals surface area (Å²) in [6.07, 6.45) is 4.79. The van der Waals surface area contributed by atoms with Crippen LogP contribution in [0.1, 0.15) is 48.5 Å². The molecule has 3 aliphatic rings. The van der Waals surface area contributed by atoms with Crippen LogP contribution in [0.3, 0.4) is 0 Å². The van der Waals surface area contributed by atoms with Crippen LogP contribution in [0, 0.1) is 17.8 Å². The summed E-state index contributed by atoms with van der Waals surface area (Å²) in [4.78, 5) is 21.1. The molecule has 3 atom stereocenters. The van der Waals surface area contributed by atoms with Gasteiger partial charge in [-0.05, 0) is 85.4 Å². The number of likely N-dealkylation sites (tertiary alicyclic amines) is 1. The second kappa shape index (κ2) is 10.4. The maximum Gasteiger partial charge on any atom is 0.254 e. The third-order valence-corrected chi connectivity index (χ3v) is 10.4. The number of aromatic nitrogens is 3. The van der Waals surface area contributed by atoms with E-state index in [9.17, 15) is 9.90 Å². The summed E-state index contributed by atoms with van der Waals surface area (Å²) >= 11 is 0. The van der Waals surface area contributed by atoms with Crippen LogP contribution in [0.4, 0.5) is 11.4 Å². The molecule has 0 spiro atoms. The molecule has 2 unspecified atom stereocenters. The molecule has 2 saturated carbocycles. The molecule has 3 aromatic carbocycles. The number of nitrogens with zero attached hydrogens (tertiary/aromatic N) is 4. The topological polar surface area (TPSA) is 84.6 Å². The largest absolute Gasteiger partial charge is 0.494 e. The maximum absolute atomic E-state index is 13.8. The minimum Gasteiger partial charge on any atom is -0.494 e. The molecule has 3 heterocycles. The molecule has 8 nitrogen and oxygen atoms in total. The van der Waals surface area contributed by atoms with Crippen LogP contribution in [-0.2, 0) is 20.2 Å². The van der Waals surface area contributed by atoms with E-state index in [2.05, 4.69) is 50.5 Å². The first kappa shape index (κ1) is 27.3. The highest BCUT2D eigenvalue weighted by molar-refractivity contribution is 6.01. The fourth-order valence-corrected chi connectivity index (χ4v) is 7.74. The first-order chi connectivity index (χ1) is 21.4. The van der Waals surface area contributed by atoms with E-state index < -0.39 is 0 Å². The number of rotatable bonds is 8. The number of para-hydroxylation sites is 1. The van der Waals surface area contributed by atoms with Gasteiger partial charge in [0, 0.05) is 42.8 Å². The average Bonchev–Trinajstić information content (AvgIpc) is 3.43. The molecular weight excluding hydrogens is 550 g/mol. The number of imidazole rings is 1. The first-order valence-corrected chi connectivity index (χ1v) is 15.9. The number of anilines is 2. The summed E-state index contributed by atoms with van der Waals surface area (Å²) in [5.74, 6) is 3.44. The van der Waals surface area contributed by atoms with Gasteiger partial charge in [-0.25, -0.2) is 4.98 Å². The number of hydrogen-bond donors (Lipinski definition) is 2. The molecule has 0 radical (unpaired) electrons. The van der Waals surface area contributed by atoms with Crippen LogP contribution in [0.25, 0.3) is 33.5 Å². The Morgan fingerprint density at radius 1 is 1.05 bits per heavy atom. The molecular formula is C36H39N5O3. The van der Waals surface area contributed by atoms with Crippen LogP contribution in [-0.4, -0.2) is 49.7 Å². The van der Waals surface area contributed by atoms with Crippen molar-refractivity contribution < 1.29 is 14.6 Å². The van der Waals surface area contributed by atoms with Crippen molar-refractivity contribution in [3.63, 3.8) is 0 Å². The zero-order chi connectivity index (χ0) is 30.1. The number of piperidine rings is 1. The number of carbonyl (C=O) groups excluding carboxylic acids is 1. The molecule has 1 saturated heterocycles. The zero-order valence-corrected chi connectivity index (χ0v) is 25.6. The van der Waals surface area contributed by atoms with Crippen molar-refractivity contribution in [2.75, 3.05) is 19.0 Å². The molecule has 44 heavy (non-hydrogen) atoms. The normalized spacial score (nSPS) is 21.1. The fourth-order valence-electron chi connectivity index (χ4n) is 7.74. The lowest BCUT2D eigenvalue weighted by Gasteiger charge is -2.27. The van der Waals surface area contributed by atoms with Crippen LogP contribution >= 0.6 is 0 Å². The molecule has 1 amide bonds. The van der Waals surface area contributed by atoms with E-state index in [-0.39, 0.29) is 12.5 Å². The monoisotopic (exact) mass is 589 g/mol. The van der Waals surface area contributed by atoms with Gasteiger partial charge in [0.25, 0.3) is 5.91 Å². The summed E-state index contributed by atoms with van der Waals surface area (Å²) in [5, 5.41) is 14.2. The predicted molar refractivity (Wildman–Crippen MR) is 173 cm³/mol. The summed E-state index contributed by atoms with van der Waals surface area (Å²) < 4.78 is 10.4. The smallest absolute Gasteiger partial charge is 0.254 e. The van der Waals surface area contributed by atoms with E-state index in [1.54, 1.807) is 7.11 Å². The highest BCUT2D eigenvalue weighted by Crippen LogP contribution is 2.44. The molecule has 2 aliphatic carbocycles. The lowest BCUT2D eigenvalue weighted by molar-refractivity contribution is 0.0696. The van der Waals surface area contributed by atoms with E-state index in [4.69, 9.17) is 9.72 Å². The number of fused-ring (bicyclic) bond motifs is 4. The number of aryl methyl sites for hydroxylation is 1. The van der Waals surface area contributed by atoms with Gasteiger partial charge in [-0.1, -0.05) is 31.2 Å². The van der Waals surface area contributed by atoms with E-state index >= 15 is 0 Å². The number of nitrogens with one attached hydrogen (secondary N) is 1. The second-order valence-corrected chi connectivity index (χ2v) is 13.1. The molecule has 226 valence electrons. The van der Waals surface area contributed by atoms with E-state index in [1.807, 2.05) is 43.4 Å². The number of amides is 1. The van der Waals surface area contributed by atoms with Gasteiger partial charge in [0.15, 0.2) is 5.82 Å². The Morgan fingerprint density at radius 2 is 1.86 bits per heavy atom. The van der Waals surface area contributed by atoms with Crippen molar-refractivity contribution in [3.05, 3.63) is 71.8 Å². The Hall–Kier alpha value is -4.30. The molecule has 2 N–H and O–H groups in total. The summed E-state index contributed by atoms with van der Waals surface area (Å²) in [6.45, 7) is 4.09. The fraction of sp³-hybridized carbons (Fsp3) is 0.389. The highest BCUT2D eigenvalue weighted by Gasteiger charge is 2.46. The molecule has 8 rings (SSSR count). The summed E-state index contributed by atoms with van der Waals surface area (Å²) in [6, 6.07) is 20.7. The van der Waals surface area contributed by atoms with E-state index in [0.29, 0.717) is 35.1 Å². The minimum absolute atomic E-state index is 0.0281. The number of hydrogen-bond acceptors (Lipinski definition) is 5. The lowest BCUT2D eigenvalue weighted by Crippen LogP contribution is -2.38. The SMILES string of the molecule is COc1cc(C(=O)N2CC3CCC2[C@@H]3C)cc2nc(-c3cc4cccc(Nc5ccc(CO)cc5)c4n3CC3CC3)n(C)c12. The van der Waals surface area contributed by atoms with Crippen LogP contribution in [0.5, 0.6) is 5.75 Å². The number of aliphatic hydroxyl groups is 1. The minimum atomic E-state index is 0.0281. The Labute approximate surface area is 257 Å². The molecule has 8 heteroatoms. The Morgan fingerprint density at radius 3 is 2.55 bits per heavy atom. The van der Waals surface area contributed by atoms with Gasteiger partial charge in [0.2, 0.25) is 0 Å². The van der Waals surface area contributed by atoms with Gasteiger partial charge in [-0.3, -0.25) is 4.79 Å². The van der Waals surface area contributed by atoms with Crippen LogP contribution < -0.4 is 10.1 Å². The van der Waals surface area contributed by atoms with Crippen molar-refractivity contribution in [1.29, 1.82) is 0 Å². The van der Waals surface area contributed by atoms with Crippen molar-refractivity contribution in [1.82, 2.24) is 19.0 Å². The quantitative estimate of drug-likeness (QED) is 0.210. The molecule has 2 aromatic heterocycles. The first-order valence-electron chi connectivity index (χ1n) is 15.9. The zero-order valence-electron chi connectivity index (χ0n) is 25.6. The van der Waals surface area contributed by atoms with Crippen molar-refractivity contribution >= 4 is 39.2 Å². The highest BCUT2D eigenvalue weighted by atomic mass is 16.5. The Balaban J connectivity index is 1.23. The van der Waals surface area contributed by atoms with Gasteiger partial charge in [0.1, 0.15) is 11.3 Å². The van der Waals surface area contributed by atoms with Crippen LogP contribution in [0.15, 0.2) is 60.7 Å². The van der Waals surface area contributed by atoms with Crippen molar-refractivity contribution in [2.24, 2.45) is 24.8 Å². The number of ether oxygens (including phenoxy) is 1. The molecule has 3 fully saturated rings. The summed E-state index contributed by atoms with van der Waals surface area (Å²) in [5.41, 5.74) is 7.40. The third kappa shape index (κ3) is 4.38. The van der Waals surface area contributed by atoms with Crippen molar-refractivity contribution in [3.8, 4) is 17.3 Å². The van der Waals surface area contributed by atoms with Gasteiger partial charge in [0.05, 0.1) is 36.1 Å². The maximum atomic E-state index is 13.8. The number of aliphatic hydroxyl groups excluding tert-OH is 1. The molecule has 5 aromatic rings. The van der Waals surface area contributed by atoms with E-state index in [0.717, 1.165) is 69.9 Å². The van der Waals surface area contributed by atoms with E-state index in [1.165, 1.54) is 19.3 Å². The third-order valence-electron chi connectivity index (χ3n) is 10.4. The standard InChI is InChI=1S/C36H39N5O3/c1-21-25-11-14-30(21)41(19-25)36(43)26-15-29-34(32(17-26)44-3)39(2)35(38-29)31-16-24-5-4-6-28(33(24)40(31)18-22-7-8-22)37-27-12-9-23(20-42)10-13-27/h4-6,9-10,12-13,15-17,21-22,25,30,37,42H,7-8,11,14,18-20H2,1-3H3/t21-,25?,30?/m1/s1. The number of methoxy groups -OCH3 is 1. The predicted octanol–water partition coefficient (Wildman–Crippen LogP) is 6.72. The second-order valence-electron chi connectivity index (χ2n) is 13.1. The van der Waals surface area contributed by atoms with Gasteiger partial charge >= 0.3 is 0 Å². The van der Waals surface area contributed by atoms with Crippen molar-refractivity contribution in [2.45, 2.75) is 51.8 Å². The Bertz CT molecular complexity index is 1900. The van der Waals surface area contributed by atoms with Crippen LogP contribution in [0.2, 0.25) is 0 Å². The van der Waals surface area contributed by atoms with Gasteiger partial charge in [-0.2, -0.15) is 0 Å². The number of carbonyl (C=O) groups is 1. The molecule has 1 aliphatic heterocycles. The Kier molecular flexibility index (Phi) is 6.45. The molecule has 2 bridgehead atoms. The van der Waals surface area contributed by atoms with Gasteiger partial charge < -0.3 is 29.2 Å². The summed E-state index contributed by atoms with van der Waals surface area (Å²) in [7, 11) is 3.71. The van der Waals surface area contributed by atoms with Gasteiger partial charge in [-0.15, -0.1) is 0 Å². The number of benzene rings is 3.